The number of nitrogens with zero attached hydrogens (tertiary/aromatic N) is 2. The fraction of sp³-hybridized carbons (Fsp3) is 0.333. The number of anilines is 1. The van der Waals surface area contributed by atoms with Crippen molar-refractivity contribution in [1.82, 2.24) is 10.2 Å². The molecule has 0 spiro atoms. The van der Waals surface area contributed by atoms with Gasteiger partial charge in [-0.25, -0.2) is 4.79 Å². The normalized spacial score (nSPS) is 18.8. The number of amides is 3. The van der Waals surface area contributed by atoms with Gasteiger partial charge in [-0.15, -0.1) is 0 Å². The van der Waals surface area contributed by atoms with E-state index in [1.165, 1.54) is 16.2 Å². The molecule has 1 fully saturated rings. The van der Waals surface area contributed by atoms with E-state index in [1.54, 1.807) is 6.08 Å². The van der Waals surface area contributed by atoms with Gasteiger partial charge in [0.2, 0.25) is 0 Å². The van der Waals surface area contributed by atoms with E-state index in [1.807, 2.05) is 30.3 Å². The fourth-order valence-corrected chi connectivity index (χ4v) is 4.95. The van der Waals surface area contributed by atoms with E-state index in [9.17, 15) is 9.59 Å². The highest BCUT2D eigenvalue weighted by Crippen LogP contribution is 2.41. The van der Waals surface area contributed by atoms with Crippen molar-refractivity contribution in [2.24, 2.45) is 0 Å². The molecule has 0 aromatic heterocycles. The summed E-state index contributed by atoms with van der Waals surface area (Å²) in [5.74, 6) is -0.298. The van der Waals surface area contributed by atoms with E-state index in [-0.39, 0.29) is 24.0 Å². The molecule has 5 heteroatoms. The molecule has 1 saturated heterocycles. The third-order valence-corrected chi connectivity index (χ3v) is 6.22. The van der Waals surface area contributed by atoms with E-state index >= 15 is 0 Å². The van der Waals surface area contributed by atoms with Crippen LogP contribution in [0, 0.1) is 6.92 Å². The quantitative estimate of drug-likeness (QED) is 0.516. The second-order valence-electron chi connectivity index (χ2n) is 9.54. The lowest BCUT2D eigenvalue weighted by Crippen LogP contribution is -2.49. The Labute approximate surface area is 190 Å². The summed E-state index contributed by atoms with van der Waals surface area (Å²) < 4.78 is 0. The predicted octanol–water partition coefficient (Wildman–Crippen LogP) is 5.50. The number of benzene rings is 2. The zero-order chi connectivity index (χ0) is 23.2. The van der Waals surface area contributed by atoms with Crippen LogP contribution in [0.2, 0.25) is 0 Å². The lowest BCUT2D eigenvalue weighted by Gasteiger charge is -2.46. The summed E-state index contributed by atoms with van der Waals surface area (Å²) in [6, 6.07) is 13.8. The molecule has 0 unspecified atom stereocenters. The number of fused-ring (bicyclic) bond motifs is 1. The van der Waals surface area contributed by atoms with Gasteiger partial charge in [0.25, 0.3) is 5.91 Å². The first-order valence-corrected chi connectivity index (χ1v) is 11.1. The molecule has 1 N–H and O–H groups in total. The number of rotatable bonds is 4. The van der Waals surface area contributed by atoms with Crippen LogP contribution in [-0.4, -0.2) is 28.4 Å². The number of aryl methyl sites for hydroxylation is 1. The Balaban J connectivity index is 1.69. The highest BCUT2D eigenvalue weighted by molar-refractivity contribution is 6.14. The molecule has 5 nitrogen and oxygen atoms in total. The molecular formula is C27H31N3O2. The number of hydrogen-bond donors (Lipinski definition) is 1. The van der Waals surface area contributed by atoms with Gasteiger partial charge in [-0.1, -0.05) is 36.4 Å². The minimum atomic E-state index is -0.385. The van der Waals surface area contributed by atoms with Crippen LogP contribution < -0.4 is 10.2 Å². The fourth-order valence-electron chi connectivity index (χ4n) is 4.95. The molecule has 0 saturated carbocycles. The smallest absolute Gasteiger partial charge is 0.329 e. The zero-order valence-corrected chi connectivity index (χ0v) is 19.7. The van der Waals surface area contributed by atoms with Crippen LogP contribution in [0.25, 0.3) is 11.6 Å². The molecule has 0 atom stereocenters. The maximum Gasteiger partial charge on any atom is 0.329 e. The third kappa shape index (κ3) is 3.83. The number of carbonyl (C=O) groups excluding carboxylic acids is 2. The summed E-state index contributed by atoms with van der Waals surface area (Å²) in [7, 11) is 0. The molecule has 2 aliphatic heterocycles. The van der Waals surface area contributed by atoms with E-state index in [0.29, 0.717) is 11.7 Å². The topological polar surface area (TPSA) is 52.7 Å². The van der Waals surface area contributed by atoms with Gasteiger partial charge in [-0.3, -0.25) is 9.69 Å². The van der Waals surface area contributed by atoms with Gasteiger partial charge in [0, 0.05) is 17.3 Å². The number of allylic oxidation sites excluding steroid dienone is 1. The summed E-state index contributed by atoms with van der Waals surface area (Å²) in [5, 5.41) is 2.75. The summed E-state index contributed by atoms with van der Waals surface area (Å²) >= 11 is 0. The monoisotopic (exact) mass is 429 g/mol. The van der Waals surface area contributed by atoms with E-state index in [0.717, 1.165) is 22.3 Å². The van der Waals surface area contributed by atoms with Gasteiger partial charge in [0.05, 0.1) is 12.1 Å². The number of carbonyl (C=O) groups is 2. The highest BCUT2D eigenvalue weighted by atomic mass is 16.2. The first-order valence-electron chi connectivity index (χ1n) is 11.1. The Bertz CT molecular complexity index is 1140. The van der Waals surface area contributed by atoms with Crippen molar-refractivity contribution in [2.45, 2.75) is 59.7 Å². The maximum atomic E-state index is 13.0. The molecule has 2 heterocycles. The Morgan fingerprint density at radius 3 is 2.41 bits per heavy atom. The predicted molar refractivity (Wildman–Crippen MR) is 130 cm³/mol. The molecule has 0 radical (unpaired) electrons. The molecular weight excluding hydrogens is 398 g/mol. The van der Waals surface area contributed by atoms with Gasteiger partial charge in [-0.2, -0.15) is 0 Å². The van der Waals surface area contributed by atoms with E-state index < -0.39 is 0 Å². The maximum absolute atomic E-state index is 13.0. The van der Waals surface area contributed by atoms with Gasteiger partial charge in [-0.05, 0) is 82.0 Å². The van der Waals surface area contributed by atoms with E-state index in [4.69, 9.17) is 0 Å². The van der Waals surface area contributed by atoms with Crippen LogP contribution in [0.3, 0.4) is 0 Å². The number of imide groups is 1. The summed E-state index contributed by atoms with van der Waals surface area (Å²) in [6.45, 7) is 13.3. The van der Waals surface area contributed by atoms with Crippen LogP contribution in [0.15, 0.2) is 54.2 Å². The molecule has 32 heavy (non-hydrogen) atoms. The summed E-state index contributed by atoms with van der Waals surface area (Å²) in [5.41, 5.74) is 6.73. The first kappa shape index (κ1) is 21.9. The number of hydrogen-bond acceptors (Lipinski definition) is 3. The Hall–Kier alpha value is -3.34. The molecule has 4 rings (SSSR count). The number of urea groups is 1. The first-order chi connectivity index (χ1) is 15.1. The highest BCUT2D eigenvalue weighted by Gasteiger charge is 2.35. The molecule has 2 aromatic carbocycles. The molecule has 2 aliphatic rings. The molecule has 2 aromatic rings. The largest absolute Gasteiger partial charge is 0.360 e. The average molecular weight is 430 g/mol. The van der Waals surface area contributed by atoms with Gasteiger partial charge < -0.3 is 10.2 Å². The van der Waals surface area contributed by atoms with Crippen LogP contribution in [0.4, 0.5) is 10.5 Å². The SMILES string of the molecule is CC1=CC(C)(C)N(C(C)C)c2cc(C)c(/C=C3\NC(=O)N(Cc4ccccc4)C3=O)cc21. The van der Waals surface area contributed by atoms with Crippen molar-refractivity contribution in [2.75, 3.05) is 4.90 Å². The molecule has 3 amide bonds. The third-order valence-electron chi connectivity index (χ3n) is 6.22. The lowest BCUT2D eigenvalue weighted by molar-refractivity contribution is -0.123. The average Bonchev–Trinajstić information content (AvgIpc) is 2.96. The number of nitrogens with one attached hydrogen (secondary N) is 1. The van der Waals surface area contributed by atoms with Crippen LogP contribution >= 0.6 is 0 Å². The Kier molecular flexibility index (Phi) is 5.45. The molecule has 0 aliphatic carbocycles. The second kappa shape index (κ2) is 7.97. The minimum absolute atomic E-state index is 0.0784. The van der Waals surface area contributed by atoms with E-state index in [2.05, 4.69) is 70.0 Å². The molecule has 166 valence electrons. The van der Waals surface area contributed by atoms with Crippen molar-refractivity contribution in [3.8, 4) is 0 Å². The van der Waals surface area contributed by atoms with Crippen LogP contribution in [0.5, 0.6) is 0 Å². The zero-order valence-electron chi connectivity index (χ0n) is 19.7. The standard InChI is InChI=1S/C27H31N3O2/c1-17(2)30-24-12-18(3)21(13-22(24)19(4)15-27(30,5)6)14-23-25(31)29(26(32)28-23)16-20-10-8-7-9-11-20/h7-15,17H,16H2,1-6H3,(H,28,32)/b23-14-. The van der Waals surface area contributed by atoms with Crippen molar-refractivity contribution in [3.63, 3.8) is 0 Å². The van der Waals surface area contributed by atoms with Crippen LogP contribution in [-0.2, 0) is 11.3 Å². The molecule has 0 bridgehead atoms. The van der Waals surface area contributed by atoms with Crippen LogP contribution in [0.1, 0.15) is 56.9 Å². The van der Waals surface area contributed by atoms with Gasteiger partial charge in [0.1, 0.15) is 5.70 Å². The van der Waals surface area contributed by atoms with Gasteiger partial charge >= 0.3 is 6.03 Å². The Morgan fingerprint density at radius 2 is 1.75 bits per heavy atom. The summed E-state index contributed by atoms with van der Waals surface area (Å²) in [4.78, 5) is 29.1. The van der Waals surface area contributed by atoms with Crippen molar-refractivity contribution >= 4 is 29.3 Å². The minimum Gasteiger partial charge on any atom is -0.360 e. The lowest BCUT2D eigenvalue weighted by atomic mass is 9.85. The Morgan fingerprint density at radius 1 is 1.06 bits per heavy atom. The second-order valence-corrected chi connectivity index (χ2v) is 9.54. The van der Waals surface area contributed by atoms with Crippen molar-refractivity contribution < 1.29 is 9.59 Å². The van der Waals surface area contributed by atoms with Crippen molar-refractivity contribution in [3.05, 3.63) is 76.5 Å². The summed E-state index contributed by atoms with van der Waals surface area (Å²) in [6.07, 6.45) is 4.10. The van der Waals surface area contributed by atoms with Gasteiger partial charge in [0.15, 0.2) is 0 Å². The van der Waals surface area contributed by atoms with Crippen molar-refractivity contribution in [1.29, 1.82) is 0 Å².